The molecule has 1 atom stereocenters. The number of sulfonamides is 1. The van der Waals surface area contributed by atoms with E-state index >= 15 is 0 Å². The minimum atomic E-state index is -3.59. The van der Waals surface area contributed by atoms with Gasteiger partial charge in [-0.15, -0.1) is 12.4 Å². The van der Waals surface area contributed by atoms with Crippen molar-refractivity contribution in [1.29, 1.82) is 0 Å². The van der Waals surface area contributed by atoms with E-state index < -0.39 is 15.8 Å². The summed E-state index contributed by atoms with van der Waals surface area (Å²) in [5.74, 6) is 0.0172. The molecular weight excluding hydrogens is 342 g/mol. The van der Waals surface area contributed by atoms with E-state index in [1.54, 1.807) is 13.1 Å². The molecule has 1 aromatic heterocycles. The van der Waals surface area contributed by atoms with E-state index in [2.05, 4.69) is 10.0 Å². The molecule has 2 heterocycles. The summed E-state index contributed by atoms with van der Waals surface area (Å²) in [4.78, 5) is 11.6. The van der Waals surface area contributed by atoms with Crippen molar-refractivity contribution in [3.05, 3.63) is 28.7 Å². The van der Waals surface area contributed by atoms with Crippen LogP contribution in [0.5, 0.6) is 0 Å². The molecule has 1 aliphatic heterocycles. The van der Waals surface area contributed by atoms with Gasteiger partial charge in [-0.25, -0.2) is 17.9 Å². The van der Waals surface area contributed by atoms with Crippen LogP contribution in [0, 0.1) is 5.92 Å². The zero-order valence-electron chi connectivity index (χ0n) is 12.7. The molecule has 3 rings (SSSR count). The van der Waals surface area contributed by atoms with Crippen molar-refractivity contribution in [1.82, 2.24) is 14.6 Å². The molecule has 9 heteroatoms. The lowest BCUT2D eigenvalue weighted by Crippen LogP contribution is -2.26. The molecule has 1 aromatic carbocycles. The second-order valence-corrected chi connectivity index (χ2v) is 7.37. The SMILES string of the molecule is Cl.Cn1c(=O)oc2cc(S(=O)(=O)NCCC3CCNC3)ccc21. The number of oxazole rings is 1. The van der Waals surface area contributed by atoms with E-state index in [-0.39, 0.29) is 22.9 Å². The summed E-state index contributed by atoms with van der Waals surface area (Å²) in [5.41, 5.74) is 0.844. The zero-order chi connectivity index (χ0) is 15.7. The van der Waals surface area contributed by atoms with E-state index in [9.17, 15) is 13.2 Å². The molecule has 1 aliphatic rings. The van der Waals surface area contributed by atoms with Crippen LogP contribution in [0.1, 0.15) is 12.8 Å². The Kier molecular flexibility index (Phi) is 5.51. The number of rotatable bonds is 5. The van der Waals surface area contributed by atoms with Crippen molar-refractivity contribution in [2.45, 2.75) is 17.7 Å². The first-order valence-electron chi connectivity index (χ1n) is 7.27. The number of halogens is 1. The molecular formula is C14H20ClN3O4S. The van der Waals surface area contributed by atoms with E-state index in [0.29, 0.717) is 18.0 Å². The van der Waals surface area contributed by atoms with Crippen LogP contribution in [0.4, 0.5) is 0 Å². The molecule has 7 nitrogen and oxygen atoms in total. The fourth-order valence-electron chi connectivity index (χ4n) is 2.72. The van der Waals surface area contributed by atoms with Gasteiger partial charge in [0, 0.05) is 19.7 Å². The monoisotopic (exact) mass is 361 g/mol. The Morgan fingerprint density at radius 1 is 1.43 bits per heavy atom. The van der Waals surface area contributed by atoms with Gasteiger partial charge in [0.2, 0.25) is 10.0 Å². The highest BCUT2D eigenvalue weighted by atomic mass is 35.5. The van der Waals surface area contributed by atoms with Crippen LogP contribution < -0.4 is 15.8 Å². The van der Waals surface area contributed by atoms with Gasteiger partial charge in [-0.2, -0.15) is 0 Å². The van der Waals surface area contributed by atoms with Crippen molar-refractivity contribution in [2.24, 2.45) is 13.0 Å². The molecule has 23 heavy (non-hydrogen) atoms. The molecule has 2 aromatic rings. The summed E-state index contributed by atoms with van der Waals surface area (Å²) in [5, 5.41) is 3.26. The summed E-state index contributed by atoms with van der Waals surface area (Å²) < 4.78 is 33.5. The number of aryl methyl sites for hydroxylation is 1. The number of fused-ring (bicyclic) bond motifs is 1. The summed E-state index contributed by atoms with van der Waals surface area (Å²) in [6.45, 7) is 2.36. The molecule has 1 fully saturated rings. The second-order valence-electron chi connectivity index (χ2n) is 5.60. The van der Waals surface area contributed by atoms with Crippen molar-refractivity contribution < 1.29 is 12.8 Å². The Balaban J connectivity index is 0.00000192. The highest BCUT2D eigenvalue weighted by molar-refractivity contribution is 7.89. The predicted octanol–water partition coefficient (Wildman–Crippen LogP) is 0.831. The van der Waals surface area contributed by atoms with Crippen LogP contribution in [-0.2, 0) is 17.1 Å². The number of hydrogen-bond acceptors (Lipinski definition) is 5. The summed E-state index contributed by atoms with van der Waals surface area (Å²) in [7, 11) is -2.01. The lowest BCUT2D eigenvalue weighted by Gasteiger charge is -2.10. The first-order chi connectivity index (χ1) is 10.5. The molecule has 1 saturated heterocycles. The number of aromatic nitrogens is 1. The van der Waals surface area contributed by atoms with Gasteiger partial charge in [0.25, 0.3) is 0 Å². The van der Waals surface area contributed by atoms with Crippen LogP contribution in [0.2, 0.25) is 0 Å². The average Bonchev–Trinajstić information content (AvgIpc) is 3.08. The van der Waals surface area contributed by atoms with Gasteiger partial charge in [-0.3, -0.25) is 4.57 Å². The molecule has 0 aliphatic carbocycles. The van der Waals surface area contributed by atoms with Gasteiger partial charge in [0.1, 0.15) is 0 Å². The van der Waals surface area contributed by atoms with Crippen LogP contribution in [0.3, 0.4) is 0 Å². The van der Waals surface area contributed by atoms with Gasteiger partial charge < -0.3 is 9.73 Å². The van der Waals surface area contributed by atoms with Crippen molar-refractivity contribution in [2.75, 3.05) is 19.6 Å². The van der Waals surface area contributed by atoms with Crippen LogP contribution in [0.25, 0.3) is 11.1 Å². The predicted molar refractivity (Wildman–Crippen MR) is 89.5 cm³/mol. The Hall–Kier alpha value is -1.35. The molecule has 0 amide bonds. The topological polar surface area (TPSA) is 93.3 Å². The molecule has 0 spiro atoms. The van der Waals surface area contributed by atoms with Crippen molar-refractivity contribution >= 4 is 33.5 Å². The standard InChI is InChI=1S/C14H19N3O4S.ClH/c1-17-12-3-2-11(8-13(12)21-14(17)18)22(19,20)16-7-5-10-4-6-15-9-10;/h2-3,8,10,15-16H,4-7,9H2,1H3;1H. The molecule has 128 valence electrons. The normalized spacial score (nSPS) is 18.2. The third-order valence-electron chi connectivity index (χ3n) is 4.08. The Morgan fingerprint density at radius 2 is 2.22 bits per heavy atom. The fourth-order valence-corrected chi connectivity index (χ4v) is 3.79. The highest BCUT2D eigenvalue weighted by Crippen LogP contribution is 2.18. The largest absolute Gasteiger partial charge is 0.419 e. The van der Waals surface area contributed by atoms with Crippen LogP contribution in [-0.4, -0.2) is 32.6 Å². The maximum absolute atomic E-state index is 12.3. The smallest absolute Gasteiger partial charge is 0.408 e. The summed E-state index contributed by atoms with van der Waals surface area (Å²) >= 11 is 0. The van der Waals surface area contributed by atoms with Gasteiger partial charge in [-0.1, -0.05) is 0 Å². The Bertz CT molecular complexity index is 837. The lowest BCUT2D eigenvalue weighted by molar-refractivity contribution is 0.518. The number of hydrogen-bond donors (Lipinski definition) is 2. The van der Waals surface area contributed by atoms with E-state index in [1.807, 2.05) is 0 Å². The average molecular weight is 362 g/mol. The molecule has 0 radical (unpaired) electrons. The van der Waals surface area contributed by atoms with Crippen molar-refractivity contribution in [3.63, 3.8) is 0 Å². The van der Waals surface area contributed by atoms with E-state index in [0.717, 1.165) is 25.9 Å². The second kappa shape index (κ2) is 7.04. The third-order valence-corrected chi connectivity index (χ3v) is 5.54. The minimum absolute atomic E-state index is 0. The third kappa shape index (κ3) is 3.77. The van der Waals surface area contributed by atoms with Gasteiger partial charge >= 0.3 is 5.76 Å². The molecule has 2 N–H and O–H groups in total. The van der Waals surface area contributed by atoms with E-state index in [1.165, 1.54) is 16.7 Å². The van der Waals surface area contributed by atoms with Crippen LogP contribution in [0.15, 0.2) is 32.3 Å². The highest BCUT2D eigenvalue weighted by Gasteiger charge is 2.19. The fraction of sp³-hybridized carbons (Fsp3) is 0.500. The van der Waals surface area contributed by atoms with E-state index in [4.69, 9.17) is 4.42 Å². The maximum atomic E-state index is 12.3. The molecule has 1 unspecified atom stereocenters. The number of benzene rings is 1. The first-order valence-corrected chi connectivity index (χ1v) is 8.75. The Morgan fingerprint density at radius 3 is 2.91 bits per heavy atom. The van der Waals surface area contributed by atoms with Crippen molar-refractivity contribution in [3.8, 4) is 0 Å². The van der Waals surface area contributed by atoms with Gasteiger partial charge in [0.05, 0.1) is 10.4 Å². The Labute approximate surface area is 140 Å². The lowest BCUT2D eigenvalue weighted by atomic mass is 10.1. The van der Waals surface area contributed by atoms with Gasteiger partial charge in [0.15, 0.2) is 5.58 Å². The van der Waals surface area contributed by atoms with Crippen LogP contribution >= 0.6 is 12.4 Å². The number of nitrogens with zero attached hydrogens (tertiary/aromatic N) is 1. The minimum Gasteiger partial charge on any atom is -0.408 e. The zero-order valence-corrected chi connectivity index (χ0v) is 14.4. The number of nitrogens with one attached hydrogen (secondary N) is 2. The summed E-state index contributed by atoms with van der Waals surface area (Å²) in [6, 6.07) is 4.45. The molecule has 0 saturated carbocycles. The molecule has 0 bridgehead atoms. The quantitative estimate of drug-likeness (QED) is 0.822. The summed E-state index contributed by atoms with van der Waals surface area (Å²) in [6.07, 6.45) is 1.90. The first kappa shape index (κ1) is 18.0. The maximum Gasteiger partial charge on any atom is 0.419 e. The van der Waals surface area contributed by atoms with Gasteiger partial charge in [-0.05, 0) is 44.0 Å².